The predicted molar refractivity (Wildman–Crippen MR) is 98.3 cm³/mol. The fourth-order valence-electron chi connectivity index (χ4n) is 2.15. The zero-order valence-corrected chi connectivity index (χ0v) is 14.6. The van der Waals surface area contributed by atoms with Crippen LogP contribution in [0.1, 0.15) is 5.56 Å². The van der Waals surface area contributed by atoms with Crippen molar-refractivity contribution >= 4 is 52.7 Å². The fraction of sp³-hybridized carbons (Fsp3) is 0. The van der Waals surface area contributed by atoms with Crippen molar-refractivity contribution in [2.75, 3.05) is 0 Å². The molecule has 8 nitrogen and oxygen atoms in total. The minimum Gasteiger partial charge on any atom is -0.299 e. The Morgan fingerprint density at radius 2 is 1.88 bits per heavy atom. The standard InChI is InChI=1S/C16H10N4O4S2/c21-14-10(15(22)19-16(25)18-14)7-9-4-5-12(11(8-9)20(23)24)26-13-3-1-2-6-17-13/h1-8H,(H2,18,19,21,22,25). The fourth-order valence-corrected chi connectivity index (χ4v) is 3.19. The highest BCUT2D eigenvalue weighted by Gasteiger charge is 2.26. The van der Waals surface area contributed by atoms with Gasteiger partial charge in [-0.05, 0) is 42.1 Å². The van der Waals surface area contributed by atoms with Crippen LogP contribution in [-0.4, -0.2) is 26.8 Å². The Morgan fingerprint density at radius 3 is 2.50 bits per heavy atom. The van der Waals surface area contributed by atoms with Crippen LogP contribution in [0.15, 0.2) is 58.1 Å². The number of pyridine rings is 1. The van der Waals surface area contributed by atoms with E-state index in [1.165, 1.54) is 12.1 Å². The molecule has 2 heterocycles. The van der Waals surface area contributed by atoms with E-state index < -0.39 is 16.7 Å². The van der Waals surface area contributed by atoms with Crippen molar-refractivity contribution in [2.45, 2.75) is 9.92 Å². The number of carbonyl (C=O) groups excluding carboxylic acids is 2. The minimum absolute atomic E-state index is 0.0785. The molecule has 10 heteroatoms. The van der Waals surface area contributed by atoms with Gasteiger partial charge in [0.25, 0.3) is 17.5 Å². The Hall–Kier alpha value is -3.11. The van der Waals surface area contributed by atoms with Crippen molar-refractivity contribution in [1.82, 2.24) is 15.6 Å². The first-order chi connectivity index (χ1) is 12.4. The summed E-state index contributed by atoms with van der Waals surface area (Å²) in [4.78, 5) is 39.1. The molecule has 0 bridgehead atoms. The number of carbonyl (C=O) groups is 2. The summed E-state index contributed by atoms with van der Waals surface area (Å²) in [7, 11) is 0. The molecule has 1 aromatic carbocycles. The van der Waals surface area contributed by atoms with Crippen LogP contribution in [-0.2, 0) is 9.59 Å². The first-order valence-corrected chi connectivity index (χ1v) is 8.42. The molecule has 0 saturated carbocycles. The lowest BCUT2D eigenvalue weighted by Gasteiger charge is -2.16. The molecule has 0 radical (unpaired) electrons. The summed E-state index contributed by atoms with van der Waals surface area (Å²) < 4.78 is 0. The number of nitro benzene ring substituents is 1. The lowest BCUT2D eigenvalue weighted by atomic mass is 10.1. The van der Waals surface area contributed by atoms with Gasteiger partial charge >= 0.3 is 0 Å². The normalized spacial score (nSPS) is 13.8. The monoisotopic (exact) mass is 386 g/mol. The largest absolute Gasteiger partial charge is 0.299 e. The number of aromatic nitrogens is 1. The number of nitrogens with zero attached hydrogens (tertiary/aromatic N) is 2. The van der Waals surface area contributed by atoms with Crippen molar-refractivity contribution in [3.05, 3.63) is 63.8 Å². The van der Waals surface area contributed by atoms with Gasteiger partial charge in [-0.15, -0.1) is 0 Å². The van der Waals surface area contributed by atoms with Crippen LogP contribution in [0.4, 0.5) is 5.69 Å². The second kappa shape index (κ2) is 7.42. The third kappa shape index (κ3) is 3.92. The molecule has 1 saturated heterocycles. The third-order valence-electron chi connectivity index (χ3n) is 3.29. The summed E-state index contributed by atoms with van der Waals surface area (Å²) in [6, 6.07) is 9.70. The van der Waals surface area contributed by atoms with Crippen molar-refractivity contribution in [3.8, 4) is 0 Å². The number of hydrogen-bond acceptors (Lipinski definition) is 7. The van der Waals surface area contributed by atoms with Crippen LogP contribution in [0, 0.1) is 10.1 Å². The Morgan fingerprint density at radius 1 is 1.15 bits per heavy atom. The van der Waals surface area contributed by atoms with E-state index in [1.807, 2.05) is 0 Å². The van der Waals surface area contributed by atoms with Gasteiger partial charge in [0, 0.05) is 12.3 Å². The maximum atomic E-state index is 11.9. The van der Waals surface area contributed by atoms with Gasteiger partial charge in [0.1, 0.15) is 10.6 Å². The van der Waals surface area contributed by atoms with Gasteiger partial charge in [-0.2, -0.15) is 0 Å². The molecular formula is C16H10N4O4S2. The highest BCUT2D eigenvalue weighted by Crippen LogP contribution is 2.34. The molecule has 2 aromatic rings. The van der Waals surface area contributed by atoms with Gasteiger partial charge in [0.2, 0.25) is 0 Å². The molecule has 0 unspecified atom stereocenters. The minimum atomic E-state index is -0.659. The molecule has 2 amide bonds. The summed E-state index contributed by atoms with van der Waals surface area (Å²) in [6.07, 6.45) is 2.87. The highest BCUT2D eigenvalue weighted by molar-refractivity contribution is 7.99. The van der Waals surface area contributed by atoms with E-state index in [4.69, 9.17) is 12.2 Å². The smallest absolute Gasteiger partial charge is 0.283 e. The van der Waals surface area contributed by atoms with Gasteiger partial charge in [-0.1, -0.05) is 23.9 Å². The van der Waals surface area contributed by atoms with Crippen molar-refractivity contribution < 1.29 is 14.5 Å². The topological polar surface area (TPSA) is 114 Å². The number of hydrogen-bond donors (Lipinski definition) is 2. The molecule has 3 rings (SSSR count). The zero-order chi connectivity index (χ0) is 18.7. The summed E-state index contributed by atoms with van der Waals surface area (Å²) in [6.45, 7) is 0. The molecule has 0 aliphatic carbocycles. The summed E-state index contributed by atoms with van der Waals surface area (Å²) in [5.74, 6) is -1.32. The van der Waals surface area contributed by atoms with Crippen LogP contribution in [0.5, 0.6) is 0 Å². The molecule has 1 fully saturated rings. The second-order valence-corrected chi connectivity index (χ2v) is 6.52. The Balaban J connectivity index is 1.95. The van der Waals surface area contributed by atoms with E-state index >= 15 is 0 Å². The van der Waals surface area contributed by atoms with E-state index in [1.54, 1.807) is 36.5 Å². The van der Waals surface area contributed by atoms with E-state index in [0.29, 0.717) is 15.5 Å². The number of nitro groups is 1. The number of thiocarbonyl (C=S) groups is 1. The first kappa shape index (κ1) is 17.7. The molecule has 0 spiro atoms. The van der Waals surface area contributed by atoms with Gasteiger partial charge in [-0.25, -0.2) is 4.98 Å². The average molecular weight is 386 g/mol. The summed E-state index contributed by atoms with van der Waals surface area (Å²) >= 11 is 5.87. The Kier molecular flexibility index (Phi) is 5.05. The maximum Gasteiger partial charge on any atom is 0.283 e. The average Bonchev–Trinajstić information content (AvgIpc) is 2.60. The summed E-state index contributed by atoms with van der Waals surface area (Å²) in [5.41, 5.74) is 0.00960. The van der Waals surface area contributed by atoms with E-state index in [-0.39, 0.29) is 16.4 Å². The summed E-state index contributed by atoms with van der Waals surface area (Å²) in [5, 5.41) is 16.6. The second-order valence-electron chi connectivity index (χ2n) is 5.05. The van der Waals surface area contributed by atoms with Crippen molar-refractivity contribution in [3.63, 3.8) is 0 Å². The van der Waals surface area contributed by atoms with Crippen LogP contribution >= 0.6 is 24.0 Å². The zero-order valence-electron chi connectivity index (χ0n) is 13.0. The number of amides is 2. The molecular weight excluding hydrogens is 376 g/mol. The van der Waals surface area contributed by atoms with Crippen molar-refractivity contribution in [1.29, 1.82) is 0 Å². The van der Waals surface area contributed by atoms with Gasteiger partial charge in [0.15, 0.2) is 5.11 Å². The number of benzene rings is 1. The first-order valence-electron chi connectivity index (χ1n) is 7.20. The van der Waals surface area contributed by atoms with Crippen LogP contribution < -0.4 is 10.6 Å². The van der Waals surface area contributed by atoms with Gasteiger partial charge in [0.05, 0.1) is 9.82 Å². The van der Waals surface area contributed by atoms with Crippen LogP contribution in [0.3, 0.4) is 0 Å². The van der Waals surface area contributed by atoms with Crippen molar-refractivity contribution in [2.24, 2.45) is 0 Å². The van der Waals surface area contributed by atoms with Crippen LogP contribution in [0.25, 0.3) is 6.08 Å². The number of nitrogens with one attached hydrogen (secondary N) is 2. The lowest BCUT2D eigenvalue weighted by Crippen LogP contribution is -2.51. The molecule has 130 valence electrons. The van der Waals surface area contributed by atoms with Crippen LogP contribution in [0.2, 0.25) is 0 Å². The Labute approximate surface area is 156 Å². The van der Waals surface area contributed by atoms with E-state index in [0.717, 1.165) is 11.8 Å². The molecule has 1 aliphatic heterocycles. The van der Waals surface area contributed by atoms with E-state index in [2.05, 4.69) is 15.6 Å². The molecule has 1 aromatic heterocycles. The molecule has 2 N–H and O–H groups in total. The van der Waals surface area contributed by atoms with E-state index in [9.17, 15) is 19.7 Å². The quantitative estimate of drug-likeness (QED) is 0.272. The predicted octanol–water partition coefficient (Wildman–Crippen LogP) is 2.06. The third-order valence-corrected chi connectivity index (χ3v) is 4.51. The lowest BCUT2D eigenvalue weighted by molar-refractivity contribution is -0.387. The molecule has 1 aliphatic rings. The van der Waals surface area contributed by atoms with Gasteiger partial charge < -0.3 is 0 Å². The van der Waals surface area contributed by atoms with Gasteiger partial charge in [-0.3, -0.25) is 30.3 Å². The SMILES string of the molecule is O=C1NC(=S)NC(=O)C1=Cc1ccc(Sc2ccccn2)c([N+](=O)[O-])c1. The molecule has 26 heavy (non-hydrogen) atoms. The molecule has 0 atom stereocenters. The maximum absolute atomic E-state index is 11.9. The Bertz CT molecular complexity index is 938. The highest BCUT2D eigenvalue weighted by atomic mass is 32.2. The number of rotatable bonds is 4.